The molecule has 0 atom stereocenters. The molecule has 0 amide bonds. The summed E-state index contributed by atoms with van der Waals surface area (Å²) in [6.07, 6.45) is 7.51. The molecule has 0 saturated heterocycles. The van der Waals surface area contributed by atoms with Gasteiger partial charge in [0.05, 0.1) is 0 Å². The highest BCUT2D eigenvalue weighted by Gasteiger charge is 1.71. The predicted octanol–water partition coefficient (Wildman–Crippen LogP) is 3.95. The van der Waals surface area contributed by atoms with E-state index in [0.717, 1.165) is 6.42 Å². The Kier molecular flexibility index (Phi) is 13.8. The normalized spacial score (nSPS) is 8.50. The zero-order chi connectivity index (χ0) is 8.41. The number of hydrogen-bond donors (Lipinski definition) is 0. The Bertz CT molecular complexity index is 92.6. The van der Waals surface area contributed by atoms with Crippen molar-refractivity contribution >= 4 is 0 Å². The molecule has 0 aliphatic heterocycles. The van der Waals surface area contributed by atoms with Gasteiger partial charge in [0.25, 0.3) is 0 Å². The summed E-state index contributed by atoms with van der Waals surface area (Å²) >= 11 is 0. The van der Waals surface area contributed by atoms with Gasteiger partial charge in [0.1, 0.15) is 0 Å². The summed E-state index contributed by atoms with van der Waals surface area (Å²) in [7, 11) is 0. The van der Waals surface area contributed by atoms with Crippen LogP contribution in [0, 0.1) is 0 Å². The third kappa shape index (κ3) is 15.6. The fourth-order valence-electron chi connectivity index (χ4n) is 0.440. The number of rotatable bonds is 2. The molecule has 60 valence electrons. The van der Waals surface area contributed by atoms with Gasteiger partial charge in [0.2, 0.25) is 0 Å². The first-order chi connectivity index (χ1) is 4.77. The van der Waals surface area contributed by atoms with Crippen molar-refractivity contribution in [3.63, 3.8) is 0 Å². The van der Waals surface area contributed by atoms with Gasteiger partial charge in [-0.1, -0.05) is 37.6 Å². The SMILES string of the molecule is C/C=C\CC=C(C)C.CC. The van der Waals surface area contributed by atoms with Gasteiger partial charge in [0, 0.05) is 0 Å². The van der Waals surface area contributed by atoms with Crippen LogP contribution < -0.4 is 0 Å². The molecule has 0 heterocycles. The van der Waals surface area contributed by atoms with Crippen LogP contribution in [0.25, 0.3) is 0 Å². The van der Waals surface area contributed by atoms with Crippen LogP contribution in [0.2, 0.25) is 0 Å². The predicted molar refractivity (Wildman–Crippen MR) is 50.2 cm³/mol. The van der Waals surface area contributed by atoms with E-state index in [1.165, 1.54) is 5.57 Å². The molecule has 0 N–H and O–H groups in total. The van der Waals surface area contributed by atoms with E-state index in [1.54, 1.807) is 0 Å². The molecule has 0 aromatic rings. The first-order valence-electron chi connectivity index (χ1n) is 4.02. The van der Waals surface area contributed by atoms with Crippen molar-refractivity contribution in [3.05, 3.63) is 23.8 Å². The van der Waals surface area contributed by atoms with Crippen LogP contribution in [-0.2, 0) is 0 Å². The van der Waals surface area contributed by atoms with Crippen LogP contribution in [-0.4, -0.2) is 0 Å². The fourth-order valence-corrected chi connectivity index (χ4v) is 0.440. The molecular weight excluding hydrogens is 120 g/mol. The van der Waals surface area contributed by atoms with E-state index in [1.807, 2.05) is 20.8 Å². The van der Waals surface area contributed by atoms with Crippen LogP contribution in [0.5, 0.6) is 0 Å². The van der Waals surface area contributed by atoms with E-state index in [4.69, 9.17) is 0 Å². The number of hydrogen-bond acceptors (Lipinski definition) is 0. The monoisotopic (exact) mass is 140 g/mol. The van der Waals surface area contributed by atoms with E-state index < -0.39 is 0 Å². The highest BCUT2D eigenvalue weighted by atomic mass is 13.8. The molecule has 0 bridgehead atoms. The molecule has 10 heavy (non-hydrogen) atoms. The van der Waals surface area contributed by atoms with Gasteiger partial charge in [0.15, 0.2) is 0 Å². The van der Waals surface area contributed by atoms with Crippen molar-refractivity contribution in [2.45, 2.75) is 41.0 Å². The zero-order valence-electron chi connectivity index (χ0n) is 7.94. The third-order valence-electron chi connectivity index (χ3n) is 0.898. The molecule has 0 aliphatic carbocycles. The summed E-state index contributed by atoms with van der Waals surface area (Å²) in [6, 6.07) is 0. The summed E-state index contributed by atoms with van der Waals surface area (Å²) in [5.41, 5.74) is 1.39. The maximum Gasteiger partial charge on any atom is -0.0167 e. The lowest BCUT2D eigenvalue weighted by Gasteiger charge is -1.83. The van der Waals surface area contributed by atoms with Crippen molar-refractivity contribution < 1.29 is 0 Å². The Labute approximate surface area is 65.7 Å². The second-order valence-electron chi connectivity index (χ2n) is 2.09. The smallest absolute Gasteiger partial charge is 0.0167 e. The van der Waals surface area contributed by atoms with Gasteiger partial charge in [-0.25, -0.2) is 0 Å². The maximum absolute atomic E-state index is 2.21. The molecule has 0 heteroatoms. The minimum absolute atomic E-state index is 1.08. The zero-order valence-corrected chi connectivity index (χ0v) is 7.94. The van der Waals surface area contributed by atoms with Gasteiger partial charge >= 0.3 is 0 Å². The van der Waals surface area contributed by atoms with Crippen molar-refractivity contribution in [2.24, 2.45) is 0 Å². The summed E-state index contributed by atoms with van der Waals surface area (Å²) in [6.45, 7) is 10.3. The molecule has 0 unspecified atom stereocenters. The minimum atomic E-state index is 1.08. The van der Waals surface area contributed by atoms with Crippen LogP contribution >= 0.6 is 0 Å². The topological polar surface area (TPSA) is 0 Å². The highest BCUT2D eigenvalue weighted by Crippen LogP contribution is 1.92. The second kappa shape index (κ2) is 11.3. The largest absolute Gasteiger partial charge is 0.0914 e. The van der Waals surface area contributed by atoms with Crippen molar-refractivity contribution in [3.8, 4) is 0 Å². The average molecular weight is 140 g/mol. The Morgan fingerprint density at radius 1 is 1.20 bits per heavy atom. The lowest BCUT2D eigenvalue weighted by Crippen LogP contribution is -1.61. The van der Waals surface area contributed by atoms with Gasteiger partial charge in [-0.2, -0.15) is 0 Å². The summed E-state index contributed by atoms with van der Waals surface area (Å²) < 4.78 is 0. The molecular formula is C10H20. The van der Waals surface area contributed by atoms with Gasteiger partial charge in [-0.15, -0.1) is 0 Å². The van der Waals surface area contributed by atoms with Crippen molar-refractivity contribution in [1.82, 2.24) is 0 Å². The molecule has 0 aromatic carbocycles. The average Bonchev–Trinajstić information content (AvgIpc) is 1.92. The van der Waals surface area contributed by atoms with E-state index in [-0.39, 0.29) is 0 Å². The van der Waals surface area contributed by atoms with E-state index in [0.29, 0.717) is 0 Å². The molecule has 0 aromatic heterocycles. The van der Waals surface area contributed by atoms with E-state index >= 15 is 0 Å². The summed E-state index contributed by atoms with van der Waals surface area (Å²) in [5, 5.41) is 0. The molecule has 0 aliphatic rings. The third-order valence-corrected chi connectivity index (χ3v) is 0.898. The Morgan fingerprint density at radius 2 is 1.70 bits per heavy atom. The fraction of sp³-hybridized carbons (Fsp3) is 0.600. The highest BCUT2D eigenvalue weighted by molar-refractivity contribution is 4.98. The first kappa shape index (κ1) is 12.2. The maximum atomic E-state index is 2.21. The lowest BCUT2D eigenvalue weighted by molar-refractivity contribution is 1.27. The second-order valence-corrected chi connectivity index (χ2v) is 2.09. The van der Waals surface area contributed by atoms with Gasteiger partial charge in [-0.05, 0) is 27.2 Å². The van der Waals surface area contributed by atoms with Crippen molar-refractivity contribution in [1.29, 1.82) is 0 Å². The standard InChI is InChI=1S/C8H14.C2H6/c1-4-5-6-7-8(2)3;1-2/h4-5,7H,6H2,1-3H3;1-2H3/b5-4-;. The summed E-state index contributed by atoms with van der Waals surface area (Å²) in [4.78, 5) is 0. The van der Waals surface area contributed by atoms with Crippen molar-refractivity contribution in [2.75, 3.05) is 0 Å². The van der Waals surface area contributed by atoms with E-state index in [9.17, 15) is 0 Å². The molecule has 0 spiro atoms. The van der Waals surface area contributed by atoms with Crippen LogP contribution in [0.3, 0.4) is 0 Å². The van der Waals surface area contributed by atoms with Gasteiger partial charge < -0.3 is 0 Å². The quantitative estimate of drug-likeness (QED) is 0.509. The molecule has 0 fully saturated rings. The summed E-state index contributed by atoms with van der Waals surface area (Å²) in [5.74, 6) is 0. The minimum Gasteiger partial charge on any atom is -0.0914 e. The first-order valence-corrected chi connectivity index (χ1v) is 4.02. The van der Waals surface area contributed by atoms with Gasteiger partial charge in [-0.3, -0.25) is 0 Å². The van der Waals surface area contributed by atoms with Crippen LogP contribution in [0.4, 0.5) is 0 Å². The molecule has 0 saturated carbocycles. The Hall–Kier alpha value is -0.520. The Balaban J connectivity index is 0. The van der Waals surface area contributed by atoms with Crippen LogP contribution in [0.1, 0.15) is 41.0 Å². The van der Waals surface area contributed by atoms with Crippen LogP contribution in [0.15, 0.2) is 23.8 Å². The Morgan fingerprint density at radius 3 is 2.00 bits per heavy atom. The molecule has 0 radical (unpaired) electrons. The molecule has 0 nitrogen and oxygen atoms in total. The molecule has 0 rings (SSSR count). The lowest BCUT2D eigenvalue weighted by atomic mass is 10.2. The number of allylic oxidation sites excluding steroid dienone is 4. The van der Waals surface area contributed by atoms with E-state index in [2.05, 4.69) is 32.1 Å².